The first-order valence-electron chi connectivity index (χ1n) is 9.50. The Balaban J connectivity index is 1.70. The molecule has 0 amide bonds. The summed E-state index contributed by atoms with van der Waals surface area (Å²) in [6, 6.07) is 12.3. The lowest BCUT2D eigenvalue weighted by atomic mass is 9.83. The summed E-state index contributed by atoms with van der Waals surface area (Å²) in [7, 11) is 0. The highest BCUT2D eigenvalue weighted by Gasteiger charge is 2.18. The van der Waals surface area contributed by atoms with E-state index in [9.17, 15) is 9.18 Å². The number of rotatable bonds is 2. The van der Waals surface area contributed by atoms with Gasteiger partial charge in [-0.1, -0.05) is 25.3 Å². The summed E-state index contributed by atoms with van der Waals surface area (Å²) >= 11 is 0. The lowest BCUT2D eigenvalue weighted by molar-refractivity contribution is 0.444. The third-order valence-electron chi connectivity index (χ3n) is 5.71. The minimum atomic E-state index is -0.327. The smallest absolute Gasteiger partial charge is 0.280 e. The van der Waals surface area contributed by atoms with Crippen molar-refractivity contribution in [1.29, 1.82) is 0 Å². The van der Waals surface area contributed by atoms with E-state index in [2.05, 4.69) is 22.2 Å². The van der Waals surface area contributed by atoms with Crippen LogP contribution in [0, 0.1) is 5.82 Å². The second-order valence-electron chi connectivity index (χ2n) is 7.39. The van der Waals surface area contributed by atoms with Crippen molar-refractivity contribution in [3.8, 4) is 5.69 Å². The van der Waals surface area contributed by atoms with Gasteiger partial charge in [-0.25, -0.2) is 9.07 Å². The van der Waals surface area contributed by atoms with E-state index in [0.717, 1.165) is 16.4 Å². The number of nitrogens with one attached hydrogen (secondary N) is 1. The highest BCUT2D eigenvalue weighted by molar-refractivity contribution is 6.03. The van der Waals surface area contributed by atoms with Crippen molar-refractivity contribution < 1.29 is 4.39 Å². The van der Waals surface area contributed by atoms with E-state index in [1.54, 1.807) is 18.3 Å². The summed E-state index contributed by atoms with van der Waals surface area (Å²) < 4.78 is 14.7. The lowest BCUT2D eigenvalue weighted by Crippen LogP contribution is -2.14. The van der Waals surface area contributed by atoms with Gasteiger partial charge in [0, 0.05) is 11.6 Å². The zero-order valence-corrected chi connectivity index (χ0v) is 14.9. The standard InChI is InChI=1S/C22H20FN3O/c23-16-7-9-17(10-8-16)26-22(27)19-13-24-20-11-6-15(12-18(20)21(19)25-26)14-4-2-1-3-5-14/h6-14,25H,1-5H2. The Bertz CT molecular complexity index is 1180. The number of hydrogen-bond donors (Lipinski definition) is 1. The quantitative estimate of drug-likeness (QED) is 0.543. The highest BCUT2D eigenvalue weighted by atomic mass is 19.1. The summed E-state index contributed by atoms with van der Waals surface area (Å²) in [5.41, 5.74) is 3.41. The molecule has 0 saturated heterocycles. The molecule has 1 aliphatic rings. The van der Waals surface area contributed by atoms with Crippen LogP contribution in [0.2, 0.25) is 0 Å². The van der Waals surface area contributed by atoms with Crippen molar-refractivity contribution in [2.75, 3.05) is 0 Å². The van der Waals surface area contributed by atoms with Gasteiger partial charge in [0.2, 0.25) is 0 Å². The van der Waals surface area contributed by atoms with Crippen LogP contribution in [-0.2, 0) is 0 Å². The zero-order valence-electron chi connectivity index (χ0n) is 14.9. The molecule has 0 unspecified atom stereocenters. The maximum Gasteiger partial charge on any atom is 0.280 e. The molecule has 4 nitrogen and oxygen atoms in total. The van der Waals surface area contributed by atoms with E-state index in [1.165, 1.54) is 54.5 Å². The molecular weight excluding hydrogens is 341 g/mol. The molecule has 0 bridgehead atoms. The van der Waals surface area contributed by atoms with Crippen molar-refractivity contribution >= 4 is 21.8 Å². The topological polar surface area (TPSA) is 50.7 Å². The first-order chi connectivity index (χ1) is 13.2. The minimum absolute atomic E-state index is 0.172. The van der Waals surface area contributed by atoms with Gasteiger partial charge >= 0.3 is 0 Å². The number of H-pyrrole nitrogens is 1. The van der Waals surface area contributed by atoms with Gasteiger partial charge < -0.3 is 0 Å². The molecular formula is C22H20FN3O. The molecule has 1 saturated carbocycles. The predicted molar refractivity (Wildman–Crippen MR) is 105 cm³/mol. The molecule has 0 atom stereocenters. The lowest BCUT2D eigenvalue weighted by Gasteiger charge is -2.22. The van der Waals surface area contributed by atoms with Gasteiger partial charge in [0.05, 0.1) is 22.1 Å². The molecule has 27 heavy (non-hydrogen) atoms. The molecule has 136 valence electrons. The second kappa shape index (κ2) is 6.34. The number of nitrogens with zero attached hydrogens (tertiary/aromatic N) is 2. The fraction of sp³-hybridized carbons (Fsp3) is 0.273. The van der Waals surface area contributed by atoms with Crippen molar-refractivity contribution in [2.24, 2.45) is 0 Å². The van der Waals surface area contributed by atoms with Crippen LogP contribution in [0.25, 0.3) is 27.5 Å². The average Bonchev–Trinajstić information content (AvgIpc) is 3.06. The summed E-state index contributed by atoms with van der Waals surface area (Å²) in [6.45, 7) is 0. The summed E-state index contributed by atoms with van der Waals surface area (Å²) in [5, 5.41) is 4.73. The molecule has 2 aromatic carbocycles. The number of benzene rings is 2. The fourth-order valence-corrected chi connectivity index (χ4v) is 4.24. The van der Waals surface area contributed by atoms with Gasteiger partial charge in [0.1, 0.15) is 5.82 Å². The monoisotopic (exact) mass is 361 g/mol. The number of hydrogen-bond acceptors (Lipinski definition) is 2. The third kappa shape index (κ3) is 2.74. The SMILES string of the molecule is O=c1c2cnc3ccc(C4CCCCC4)cc3c2[nH]n1-c1ccc(F)cc1. The van der Waals surface area contributed by atoms with Gasteiger partial charge in [-0.2, -0.15) is 0 Å². The van der Waals surface area contributed by atoms with Crippen molar-refractivity contribution in [1.82, 2.24) is 14.8 Å². The van der Waals surface area contributed by atoms with Gasteiger partial charge in [-0.15, -0.1) is 0 Å². The number of fused-ring (bicyclic) bond motifs is 3. The zero-order chi connectivity index (χ0) is 18.4. The minimum Gasteiger partial charge on any atom is -0.290 e. The first kappa shape index (κ1) is 16.2. The first-order valence-corrected chi connectivity index (χ1v) is 9.50. The Morgan fingerprint density at radius 2 is 1.78 bits per heavy atom. The molecule has 0 radical (unpaired) electrons. The van der Waals surface area contributed by atoms with Crippen LogP contribution in [0.5, 0.6) is 0 Å². The Hall–Kier alpha value is -2.95. The van der Waals surface area contributed by atoms with E-state index in [4.69, 9.17) is 0 Å². The van der Waals surface area contributed by atoms with Crippen LogP contribution in [-0.4, -0.2) is 14.8 Å². The molecule has 2 aromatic heterocycles. The molecule has 0 aliphatic heterocycles. The van der Waals surface area contributed by atoms with Crippen LogP contribution in [0.3, 0.4) is 0 Å². The molecule has 1 aliphatic carbocycles. The van der Waals surface area contributed by atoms with E-state index >= 15 is 0 Å². The van der Waals surface area contributed by atoms with E-state index in [-0.39, 0.29) is 11.4 Å². The number of halogens is 1. The molecule has 2 heterocycles. The van der Waals surface area contributed by atoms with Crippen LogP contribution >= 0.6 is 0 Å². The maximum absolute atomic E-state index is 13.2. The molecule has 4 aromatic rings. The van der Waals surface area contributed by atoms with Crippen molar-refractivity contribution in [2.45, 2.75) is 38.0 Å². The summed E-state index contributed by atoms with van der Waals surface area (Å²) in [4.78, 5) is 17.3. The Morgan fingerprint density at radius 3 is 2.56 bits per heavy atom. The Kier molecular flexibility index (Phi) is 3.81. The molecule has 1 N–H and O–H groups in total. The van der Waals surface area contributed by atoms with Gasteiger partial charge in [-0.05, 0) is 60.7 Å². The average molecular weight is 361 g/mol. The normalized spacial score (nSPS) is 15.6. The van der Waals surface area contributed by atoms with Gasteiger partial charge in [-0.3, -0.25) is 14.9 Å². The summed E-state index contributed by atoms with van der Waals surface area (Å²) in [5.74, 6) is 0.261. The predicted octanol–water partition coefficient (Wildman–Crippen LogP) is 5.05. The molecule has 5 rings (SSSR count). The summed E-state index contributed by atoms with van der Waals surface area (Å²) in [6.07, 6.45) is 7.95. The van der Waals surface area contributed by atoms with E-state index < -0.39 is 0 Å². The van der Waals surface area contributed by atoms with Gasteiger partial charge in [0.25, 0.3) is 5.56 Å². The van der Waals surface area contributed by atoms with E-state index in [0.29, 0.717) is 17.0 Å². The second-order valence-corrected chi connectivity index (χ2v) is 7.39. The number of aromatic nitrogens is 3. The largest absolute Gasteiger partial charge is 0.290 e. The molecule has 5 heteroatoms. The maximum atomic E-state index is 13.2. The van der Waals surface area contributed by atoms with Crippen LogP contribution in [0.1, 0.15) is 43.6 Å². The fourth-order valence-electron chi connectivity index (χ4n) is 4.24. The van der Waals surface area contributed by atoms with Crippen LogP contribution in [0.15, 0.2) is 53.5 Å². The third-order valence-corrected chi connectivity index (χ3v) is 5.71. The Morgan fingerprint density at radius 1 is 1.00 bits per heavy atom. The number of aromatic amines is 1. The van der Waals surface area contributed by atoms with E-state index in [1.807, 2.05) is 6.07 Å². The van der Waals surface area contributed by atoms with Crippen LogP contribution < -0.4 is 5.56 Å². The highest BCUT2D eigenvalue weighted by Crippen LogP contribution is 2.34. The molecule has 0 spiro atoms. The van der Waals surface area contributed by atoms with Crippen molar-refractivity contribution in [3.05, 3.63) is 70.4 Å². The Labute approximate surface area is 155 Å². The number of pyridine rings is 1. The van der Waals surface area contributed by atoms with Crippen LogP contribution in [0.4, 0.5) is 4.39 Å². The van der Waals surface area contributed by atoms with Crippen molar-refractivity contribution in [3.63, 3.8) is 0 Å². The van der Waals surface area contributed by atoms with Gasteiger partial charge in [0.15, 0.2) is 0 Å². The molecule has 1 fully saturated rings.